The van der Waals surface area contributed by atoms with E-state index in [0.717, 1.165) is 32.3 Å². The maximum Gasteiger partial charge on any atom is 0.234 e. The number of benzene rings is 1. The smallest absolute Gasteiger partial charge is 0.234 e. The third-order valence-electron chi connectivity index (χ3n) is 4.38. The van der Waals surface area contributed by atoms with Gasteiger partial charge in [0.05, 0.1) is 12.6 Å². The van der Waals surface area contributed by atoms with Gasteiger partial charge in [0.2, 0.25) is 5.91 Å². The molecule has 1 aliphatic heterocycles. The summed E-state index contributed by atoms with van der Waals surface area (Å²) in [5.41, 5.74) is 0.466. The number of ether oxygens (including phenoxy) is 1. The van der Waals surface area contributed by atoms with E-state index < -0.39 is 0 Å². The first kappa shape index (κ1) is 16.7. The summed E-state index contributed by atoms with van der Waals surface area (Å²) < 4.78 is 19.5. The van der Waals surface area contributed by atoms with E-state index in [1.807, 2.05) is 4.90 Å². The van der Waals surface area contributed by atoms with Crippen molar-refractivity contribution in [2.24, 2.45) is 0 Å². The van der Waals surface area contributed by atoms with Crippen LogP contribution in [0.4, 0.5) is 4.39 Å². The van der Waals surface area contributed by atoms with Crippen LogP contribution in [0.5, 0.6) is 0 Å². The molecule has 1 heterocycles. The van der Waals surface area contributed by atoms with E-state index in [1.54, 1.807) is 12.1 Å². The van der Waals surface area contributed by atoms with Crippen LogP contribution in [0.2, 0.25) is 5.02 Å². The lowest BCUT2D eigenvalue weighted by Gasteiger charge is -2.22. The minimum Gasteiger partial charge on any atom is -0.376 e. The van der Waals surface area contributed by atoms with E-state index >= 15 is 0 Å². The molecule has 23 heavy (non-hydrogen) atoms. The van der Waals surface area contributed by atoms with Crippen molar-refractivity contribution in [3.8, 4) is 0 Å². The Balaban J connectivity index is 1.55. The quantitative estimate of drug-likeness (QED) is 0.830. The Bertz CT molecular complexity index is 539. The minimum absolute atomic E-state index is 0.0418. The summed E-state index contributed by atoms with van der Waals surface area (Å²) in [5, 5.41) is 3.33. The van der Waals surface area contributed by atoms with Gasteiger partial charge in [-0.25, -0.2) is 4.39 Å². The molecule has 0 radical (unpaired) electrons. The van der Waals surface area contributed by atoms with Crippen LogP contribution in [-0.4, -0.2) is 42.6 Å². The standard InChI is InChI=1S/C17H22ClFN2O2/c18-15-4-1-5-16(19)14(15)10-21(12-6-7-12)11-17(22)20-9-13-3-2-8-23-13/h1,4-5,12-13H,2-3,6-11H2,(H,20,22). The molecule has 0 aromatic heterocycles. The third-order valence-corrected chi connectivity index (χ3v) is 4.74. The maximum absolute atomic E-state index is 14.0. The number of carbonyl (C=O) groups is 1. The van der Waals surface area contributed by atoms with Gasteiger partial charge in [-0.3, -0.25) is 9.69 Å². The van der Waals surface area contributed by atoms with Crippen molar-refractivity contribution in [1.29, 1.82) is 0 Å². The van der Waals surface area contributed by atoms with Crippen molar-refractivity contribution < 1.29 is 13.9 Å². The van der Waals surface area contributed by atoms with Gasteiger partial charge in [-0.1, -0.05) is 17.7 Å². The zero-order valence-corrected chi connectivity index (χ0v) is 13.8. The second-order valence-corrected chi connectivity index (χ2v) is 6.68. The zero-order valence-electron chi connectivity index (χ0n) is 13.1. The van der Waals surface area contributed by atoms with E-state index in [-0.39, 0.29) is 24.4 Å². The number of nitrogens with one attached hydrogen (secondary N) is 1. The molecule has 2 fully saturated rings. The number of nitrogens with zero attached hydrogens (tertiary/aromatic N) is 1. The minimum atomic E-state index is -0.317. The monoisotopic (exact) mass is 340 g/mol. The second-order valence-electron chi connectivity index (χ2n) is 6.28. The summed E-state index contributed by atoms with van der Waals surface area (Å²) in [5.74, 6) is -0.359. The van der Waals surface area contributed by atoms with Gasteiger partial charge in [-0.05, 0) is 37.8 Å². The van der Waals surface area contributed by atoms with Crippen LogP contribution < -0.4 is 5.32 Å². The molecule has 1 unspecified atom stereocenters. The van der Waals surface area contributed by atoms with E-state index in [1.165, 1.54) is 6.07 Å². The average molecular weight is 341 g/mol. The lowest BCUT2D eigenvalue weighted by Crippen LogP contribution is -2.40. The van der Waals surface area contributed by atoms with Crippen molar-refractivity contribution in [1.82, 2.24) is 10.2 Å². The van der Waals surface area contributed by atoms with Gasteiger partial charge < -0.3 is 10.1 Å². The van der Waals surface area contributed by atoms with Crippen LogP contribution >= 0.6 is 11.6 Å². The molecule has 1 aromatic rings. The van der Waals surface area contributed by atoms with Crippen molar-refractivity contribution >= 4 is 17.5 Å². The summed E-state index contributed by atoms with van der Waals surface area (Å²) in [6.07, 6.45) is 4.28. The molecule has 1 aromatic carbocycles. The molecular formula is C17H22ClFN2O2. The second kappa shape index (κ2) is 7.60. The lowest BCUT2D eigenvalue weighted by molar-refractivity contribution is -0.123. The van der Waals surface area contributed by atoms with Gasteiger partial charge in [0.1, 0.15) is 5.82 Å². The molecule has 1 saturated carbocycles. The summed E-state index contributed by atoms with van der Waals surface area (Å²) in [6, 6.07) is 5.03. The van der Waals surface area contributed by atoms with Gasteiger partial charge >= 0.3 is 0 Å². The van der Waals surface area contributed by atoms with Gasteiger partial charge in [0, 0.05) is 36.3 Å². The summed E-state index contributed by atoms with van der Waals surface area (Å²) in [7, 11) is 0. The molecule has 1 amide bonds. The van der Waals surface area contributed by atoms with Gasteiger partial charge in [0.25, 0.3) is 0 Å². The fraction of sp³-hybridized carbons (Fsp3) is 0.588. The van der Waals surface area contributed by atoms with Crippen LogP contribution in [0.15, 0.2) is 18.2 Å². The van der Waals surface area contributed by atoms with Crippen molar-refractivity contribution in [3.63, 3.8) is 0 Å². The van der Waals surface area contributed by atoms with Crippen LogP contribution in [0.1, 0.15) is 31.2 Å². The van der Waals surface area contributed by atoms with E-state index in [0.29, 0.717) is 29.7 Å². The molecule has 1 saturated heterocycles. The van der Waals surface area contributed by atoms with Crippen molar-refractivity contribution in [3.05, 3.63) is 34.6 Å². The molecular weight excluding hydrogens is 319 g/mol. The van der Waals surface area contributed by atoms with E-state index in [4.69, 9.17) is 16.3 Å². The highest BCUT2D eigenvalue weighted by Crippen LogP contribution is 2.30. The van der Waals surface area contributed by atoms with Crippen LogP contribution in [-0.2, 0) is 16.1 Å². The molecule has 0 bridgehead atoms. The Morgan fingerprint density at radius 3 is 2.87 bits per heavy atom. The normalized spacial score (nSPS) is 20.9. The summed E-state index contributed by atoms with van der Waals surface area (Å²) >= 11 is 6.10. The highest BCUT2D eigenvalue weighted by molar-refractivity contribution is 6.31. The number of hydrogen-bond acceptors (Lipinski definition) is 3. The predicted molar refractivity (Wildman–Crippen MR) is 86.8 cm³/mol. The number of halogens is 2. The Kier molecular flexibility index (Phi) is 5.51. The maximum atomic E-state index is 14.0. The molecule has 3 rings (SSSR count). The molecule has 1 aliphatic carbocycles. The number of carbonyl (C=O) groups excluding carboxylic acids is 1. The Labute approximate surface area is 140 Å². The largest absolute Gasteiger partial charge is 0.376 e. The molecule has 1 N–H and O–H groups in total. The molecule has 0 spiro atoms. The molecule has 126 valence electrons. The highest BCUT2D eigenvalue weighted by atomic mass is 35.5. The van der Waals surface area contributed by atoms with E-state index in [9.17, 15) is 9.18 Å². The fourth-order valence-corrected chi connectivity index (χ4v) is 3.14. The molecule has 4 nitrogen and oxygen atoms in total. The predicted octanol–water partition coefficient (Wildman–Crippen LogP) is 2.74. The molecule has 2 aliphatic rings. The first-order valence-electron chi connectivity index (χ1n) is 8.18. The first-order valence-corrected chi connectivity index (χ1v) is 8.56. The summed E-state index contributed by atoms with van der Waals surface area (Å²) in [4.78, 5) is 14.2. The van der Waals surface area contributed by atoms with Gasteiger partial charge in [0.15, 0.2) is 0 Å². The topological polar surface area (TPSA) is 41.6 Å². The fourth-order valence-electron chi connectivity index (χ4n) is 2.91. The van der Waals surface area contributed by atoms with Crippen molar-refractivity contribution in [2.45, 2.75) is 44.4 Å². The summed E-state index contributed by atoms with van der Waals surface area (Å²) in [6.45, 7) is 1.96. The molecule has 6 heteroatoms. The Morgan fingerprint density at radius 2 is 2.22 bits per heavy atom. The van der Waals surface area contributed by atoms with Gasteiger partial charge in [-0.15, -0.1) is 0 Å². The zero-order chi connectivity index (χ0) is 16.2. The van der Waals surface area contributed by atoms with Crippen LogP contribution in [0, 0.1) is 5.82 Å². The first-order chi connectivity index (χ1) is 11.1. The van der Waals surface area contributed by atoms with Gasteiger partial charge in [-0.2, -0.15) is 0 Å². The highest BCUT2D eigenvalue weighted by Gasteiger charge is 2.31. The Hall–Kier alpha value is -1.17. The Morgan fingerprint density at radius 1 is 1.39 bits per heavy atom. The lowest BCUT2D eigenvalue weighted by atomic mass is 10.2. The van der Waals surface area contributed by atoms with E-state index in [2.05, 4.69) is 5.32 Å². The molecule has 1 atom stereocenters. The average Bonchev–Trinajstić information content (AvgIpc) is 3.24. The SMILES string of the molecule is O=C(CN(Cc1c(F)cccc1Cl)C1CC1)NCC1CCCO1. The third kappa shape index (κ3) is 4.66. The number of rotatable bonds is 7. The van der Waals surface area contributed by atoms with Crippen LogP contribution in [0.3, 0.4) is 0 Å². The number of hydrogen-bond donors (Lipinski definition) is 1. The van der Waals surface area contributed by atoms with Crippen LogP contribution in [0.25, 0.3) is 0 Å². The van der Waals surface area contributed by atoms with Crippen molar-refractivity contribution in [2.75, 3.05) is 19.7 Å². The number of amides is 1.